The molecular formula is C24H16N2O2S. The summed E-state index contributed by atoms with van der Waals surface area (Å²) in [5.74, 6) is 0.170. The second kappa shape index (κ2) is 7.04. The van der Waals surface area contributed by atoms with Gasteiger partial charge in [-0.2, -0.15) is 0 Å². The minimum atomic E-state index is -0.109. The maximum absolute atomic E-state index is 13.3. The number of nitrogens with zero attached hydrogens (tertiary/aromatic N) is 2. The number of fused-ring (bicyclic) bond motifs is 1. The number of benzene rings is 3. The van der Waals surface area contributed by atoms with Crippen molar-refractivity contribution in [3.05, 3.63) is 105 Å². The van der Waals surface area contributed by atoms with Crippen LogP contribution in [0.25, 0.3) is 33.6 Å². The number of hydrogen-bond acceptors (Lipinski definition) is 4. The van der Waals surface area contributed by atoms with E-state index in [1.165, 1.54) is 11.3 Å². The fraction of sp³-hybridized carbons (Fsp3) is 0. The van der Waals surface area contributed by atoms with E-state index in [2.05, 4.69) is 0 Å². The molecule has 29 heavy (non-hydrogen) atoms. The Kier molecular flexibility index (Phi) is 4.22. The molecule has 0 spiro atoms. The Labute approximate surface area is 170 Å². The fourth-order valence-electron chi connectivity index (χ4n) is 3.43. The molecule has 2 heterocycles. The van der Waals surface area contributed by atoms with Crippen LogP contribution in [0, 0.1) is 0 Å². The lowest BCUT2D eigenvalue weighted by Crippen LogP contribution is -2.23. The summed E-state index contributed by atoms with van der Waals surface area (Å²) in [6.07, 6.45) is 1.79. The van der Waals surface area contributed by atoms with E-state index >= 15 is 0 Å². The standard InChI is InChI=1S/C24H16N2O2S/c27-19-13-7-8-16(14-19)15-20-23(28)26-22(18-11-5-2-6-12-18)21(25-24(26)29-20)17-9-3-1-4-10-17/h1-15,27H/b20-15-. The van der Waals surface area contributed by atoms with Gasteiger partial charge in [0.05, 0.1) is 15.9 Å². The number of phenols is 1. The van der Waals surface area contributed by atoms with Crippen LogP contribution in [0.5, 0.6) is 5.75 Å². The Bertz CT molecular complexity index is 1420. The third-order valence-corrected chi connectivity index (χ3v) is 5.69. The number of rotatable bonds is 3. The highest BCUT2D eigenvalue weighted by atomic mass is 32.1. The minimum Gasteiger partial charge on any atom is -0.508 e. The molecule has 0 bridgehead atoms. The van der Waals surface area contributed by atoms with Crippen molar-refractivity contribution in [1.29, 1.82) is 0 Å². The summed E-state index contributed by atoms with van der Waals surface area (Å²) in [4.78, 5) is 18.8. The first-order valence-electron chi connectivity index (χ1n) is 9.17. The maximum atomic E-state index is 13.3. The van der Waals surface area contributed by atoms with Gasteiger partial charge in [-0.25, -0.2) is 9.38 Å². The SMILES string of the molecule is O=c1/c(=C/c2cccc(O)c2)sc2nc(-c3ccccc3)c(-c3ccccc3)n12. The largest absolute Gasteiger partial charge is 0.508 e. The van der Waals surface area contributed by atoms with E-state index in [9.17, 15) is 9.90 Å². The fourth-order valence-corrected chi connectivity index (χ4v) is 4.40. The maximum Gasteiger partial charge on any atom is 0.274 e. The van der Waals surface area contributed by atoms with Crippen LogP contribution in [0.3, 0.4) is 0 Å². The molecule has 5 aromatic rings. The van der Waals surface area contributed by atoms with Gasteiger partial charge in [-0.3, -0.25) is 4.79 Å². The first kappa shape index (κ1) is 17.4. The Balaban J connectivity index is 1.81. The Morgan fingerprint density at radius 1 is 0.862 bits per heavy atom. The first-order chi connectivity index (χ1) is 14.2. The normalized spacial score (nSPS) is 11.9. The summed E-state index contributed by atoms with van der Waals surface area (Å²) in [7, 11) is 0. The average Bonchev–Trinajstić information content (AvgIpc) is 3.26. The van der Waals surface area contributed by atoms with Gasteiger partial charge in [0.25, 0.3) is 5.56 Å². The van der Waals surface area contributed by atoms with Gasteiger partial charge < -0.3 is 5.11 Å². The predicted molar refractivity (Wildman–Crippen MR) is 117 cm³/mol. The number of aromatic hydroxyl groups is 1. The lowest BCUT2D eigenvalue weighted by atomic mass is 10.1. The molecule has 0 amide bonds. The van der Waals surface area contributed by atoms with Crippen molar-refractivity contribution in [2.75, 3.05) is 0 Å². The van der Waals surface area contributed by atoms with E-state index in [4.69, 9.17) is 4.98 Å². The number of phenolic OH excluding ortho intramolecular Hbond substituents is 1. The lowest BCUT2D eigenvalue weighted by molar-refractivity contribution is 0.475. The van der Waals surface area contributed by atoms with Gasteiger partial charge in [0.15, 0.2) is 4.96 Å². The van der Waals surface area contributed by atoms with E-state index in [-0.39, 0.29) is 11.3 Å². The van der Waals surface area contributed by atoms with Crippen molar-refractivity contribution in [1.82, 2.24) is 9.38 Å². The van der Waals surface area contributed by atoms with Crippen LogP contribution in [0.2, 0.25) is 0 Å². The first-order valence-corrected chi connectivity index (χ1v) is 9.99. The summed E-state index contributed by atoms with van der Waals surface area (Å²) in [5.41, 5.74) is 4.17. The molecule has 4 nitrogen and oxygen atoms in total. The highest BCUT2D eigenvalue weighted by Gasteiger charge is 2.19. The summed E-state index contributed by atoms with van der Waals surface area (Å²) < 4.78 is 2.27. The summed E-state index contributed by atoms with van der Waals surface area (Å²) in [6, 6.07) is 26.6. The van der Waals surface area contributed by atoms with Crippen LogP contribution < -0.4 is 10.1 Å². The van der Waals surface area contributed by atoms with Crippen LogP contribution in [-0.4, -0.2) is 14.5 Å². The van der Waals surface area contributed by atoms with Gasteiger partial charge in [0.1, 0.15) is 5.75 Å². The molecule has 0 aliphatic carbocycles. The zero-order valence-electron chi connectivity index (χ0n) is 15.3. The summed E-state index contributed by atoms with van der Waals surface area (Å²) in [5, 5.41) is 9.70. The average molecular weight is 396 g/mol. The topological polar surface area (TPSA) is 54.6 Å². The monoisotopic (exact) mass is 396 g/mol. The quantitative estimate of drug-likeness (QED) is 0.493. The van der Waals surface area contributed by atoms with Gasteiger partial charge in [-0.15, -0.1) is 0 Å². The van der Waals surface area contributed by atoms with Crippen LogP contribution in [0.1, 0.15) is 5.56 Å². The van der Waals surface area contributed by atoms with Gasteiger partial charge in [0, 0.05) is 11.1 Å². The van der Waals surface area contributed by atoms with Crippen LogP contribution in [0.4, 0.5) is 0 Å². The number of thiazole rings is 1. The molecule has 1 N–H and O–H groups in total. The van der Waals surface area contributed by atoms with Gasteiger partial charge >= 0.3 is 0 Å². The van der Waals surface area contributed by atoms with E-state index in [1.54, 1.807) is 28.7 Å². The van der Waals surface area contributed by atoms with Gasteiger partial charge in [0.2, 0.25) is 0 Å². The molecule has 3 aromatic carbocycles. The Morgan fingerprint density at radius 2 is 1.55 bits per heavy atom. The zero-order chi connectivity index (χ0) is 19.8. The number of imidazole rings is 1. The number of hydrogen-bond donors (Lipinski definition) is 1. The molecule has 0 aliphatic rings. The third kappa shape index (κ3) is 3.11. The molecule has 5 rings (SSSR count). The van der Waals surface area contributed by atoms with Crippen LogP contribution in [0.15, 0.2) is 89.7 Å². The van der Waals surface area contributed by atoms with Crippen molar-refractivity contribution >= 4 is 22.4 Å². The minimum absolute atomic E-state index is 0.109. The molecule has 0 saturated heterocycles. The van der Waals surface area contributed by atoms with Gasteiger partial charge in [-0.1, -0.05) is 84.1 Å². The van der Waals surface area contributed by atoms with Crippen LogP contribution >= 0.6 is 11.3 Å². The van der Waals surface area contributed by atoms with Crippen molar-refractivity contribution in [3.63, 3.8) is 0 Å². The van der Waals surface area contributed by atoms with E-state index in [0.717, 1.165) is 28.1 Å². The molecule has 2 aromatic heterocycles. The highest BCUT2D eigenvalue weighted by Crippen LogP contribution is 2.32. The van der Waals surface area contributed by atoms with Crippen molar-refractivity contribution in [3.8, 4) is 28.3 Å². The molecule has 0 atom stereocenters. The lowest BCUT2D eigenvalue weighted by Gasteiger charge is -2.04. The second-order valence-electron chi connectivity index (χ2n) is 6.67. The van der Waals surface area contributed by atoms with E-state index in [0.29, 0.717) is 9.49 Å². The number of aromatic nitrogens is 2. The van der Waals surface area contributed by atoms with Crippen LogP contribution in [-0.2, 0) is 0 Å². The Hall–Kier alpha value is -3.70. The molecule has 5 heteroatoms. The van der Waals surface area contributed by atoms with E-state index < -0.39 is 0 Å². The predicted octanol–water partition coefficient (Wildman–Crippen LogP) is 4.34. The molecule has 140 valence electrons. The highest BCUT2D eigenvalue weighted by molar-refractivity contribution is 7.15. The molecular weight excluding hydrogens is 380 g/mol. The zero-order valence-corrected chi connectivity index (χ0v) is 16.1. The van der Waals surface area contributed by atoms with Gasteiger partial charge in [-0.05, 0) is 23.8 Å². The Morgan fingerprint density at radius 3 is 2.24 bits per heavy atom. The smallest absolute Gasteiger partial charge is 0.274 e. The van der Waals surface area contributed by atoms with Crippen molar-refractivity contribution in [2.24, 2.45) is 0 Å². The summed E-state index contributed by atoms with van der Waals surface area (Å²) in [6.45, 7) is 0. The van der Waals surface area contributed by atoms with E-state index in [1.807, 2.05) is 66.7 Å². The molecule has 0 unspecified atom stereocenters. The molecule has 0 aliphatic heterocycles. The summed E-state index contributed by atoms with van der Waals surface area (Å²) >= 11 is 1.35. The third-order valence-electron chi connectivity index (χ3n) is 4.72. The second-order valence-corrected chi connectivity index (χ2v) is 7.68. The van der Waals surface area contributed by atoms with Crippen molar-refractivity contribution < 1.29 is 5.11 Å². The molecule has 0 fully saturated rings. The van der Waals surface area contributed by atoms with Crippen molar-refractivity contribution in [2.45, 2.75) is 0 Å². The molecule has 0 radical (unpaired) electrons. The molecule has 0 saturated carbocycles.